The first-order chi connectivity index (χ1) is 8.84. The molecule has 0 aliphatic carbocycles. The third-order valence-corrected chi connectivity index (χ3v) is 2.39. The van der Waals surface area contributed by atoms with Crippen LogP contribution < -0.4 is 0 Å². The molecule has 18 heavy (non-hydrogen) atoms. The van der Waals surface area contributed by atoms with Crippen molar-refractivity contribution in [3.63, 3.8) is 0 Å². The van der Waals surface area contributed by atoms with Crippen LogP contribution in [0.25, 0.3) is 0 Å². The first-order valence-corrected chi connectivity index (χ1v) is 6.90. The summed E-state index contributed by atoms with van der Waals surface area (Å²) in [5.74, 6) is -0.324. The molecule has 0 bridgehead atoms. The lowest BCUT2D eigenvalue weighted by Gasteiger charge is -2.06. The highest BCUT2D eigenvalue weighted by Gasteiger charge is 2.04. The lowest BCUT2D eigenvalue weighted by atomic mass is 10.2. The van der Waals surface area contributed by atoms with Gasteiger partial charge in [-0.25, -0.2) is 4.79 Å². The molecule has 0 aromatic heterocycles. The van der Waals surface area contributed by atoms with Crippen molar-refractivity contribution in [3.05, 3.63) is 35.9 Å². The predicted octanol–water partition coefficient (Wildman–Crippen LogP) is 2.27. The van der Waals surface area contributed by atoms with E-state index in [0.717, 1.165) is 5.33 Å². The van der Waals surface area contributed by atoms with E-state index in [-0.39, 0.29) is 12.6 Å². The van der Waals surface area contributed by atoms with Crippen LogP contribution in [0.1, 0.15) is 10.4 Å². The van der Waals surface area contributed by atoms with Gasteiger partial charge in [0, 0.05) is 5.33 Å². The van der Waals surface area contributed by atoms with E-state index in [9.17, 15) is 4.79 Å². The monoisotopic (exact) mass is 316 g/mol. The summed E-state index contributed by atoms with van der Waals surface area (Å²) in [6.07, 6.45) is 0. The van der Waals surface area contributed by atoms with Crippen molar-refractivity contribution >= 4 is 21.9 Å². The van der Waals surface area contributed by atoms with Crippen LogP contribution in [0.15, 0.2) is 30.3 Å². The van der Waals surface area contributed by atoms with Crippen LogP contribution in [0, 0.1) is 0 Å². The summed E-state index contributed by atoms with van der Waals surface area (Å²) in [5.41, 5.74) is 0.554. The number of hydrogen-bond acceptors (Lipinski definition) is 4. The van der Waals surface area contributed by atoms with Crippen molar-refractivity contribution in [3.8, 4) is 0 Å². The Hall–Kier alpha value is -0.910. The van der Waals surface area contributed by atoms with Crippen LogP contribution in [0.2, 0.25) is 0 Å². The zero-order valence-corrected chi connectivity index (χ0v) is 11.7. The standard InChI is InChI=1S/C13H17BrO4/c14-6-7-16-8-9-17-10-11-18-13(15)12-4-2-1-3-5-12/h1-5H,6-11H2. The topological polar surface area (TPSA) is 44.8 Å². The lowest BCUT2D eigenvalue weighted by molar-refractivity contribution is 0.0167. The summed E-state index contributed by atoms with van der Waals surface area (Å²) >= 11 is 3.26. The van der Waals surface area contributed by atoms with Crippen molar-refractivity contribution in [2.24, 2.45) is 0 Å². The molecular formula is C13H17BrO4. The Labute approximate surface area is 115 Å². The minimum atomic E-state index is -0.324. The van der Waals surface area contributed by atoms with E-state index in [4.69, 9.17) is 14.2 Å². The highest BCUT2D eigenvalue weighted by Crippen LogP contribution is 2.00. The van der Waals surface area contributed by atoms with Gasteiger partial charge in [0.25, 0.3) is 0 Å². The van der Waals surface area contributed by atoms with Gasteiger partial charge in [0.2, 0.25) is 0 Å². The summed E-state index contributed by atoms with van der Waals surface area (Å²) in [5, 5.41) is 0.821. The summed E-state index contributed by atoms with van der Waals surface area (Å²) in [6, 6.07) is 8.89. The van der Waals surface area contributed by atoms with Crippen molar-refractivity contribution in [1.29, 1.82) is 0 Å². The Morgan fingerprint density at radius 1 is 0.944 bits per heavy atom. The molecule has 0 aliphatic heterocycles. The average Bonchev–Trinajstić information content (AvgIpc) is 2.42. The largest absolute Gasteiger partial charge is 0.460 e. The predicted molar refractivity (Wildman–Crippen MR) is 72.2 cm³/mol. The number of alkyl halides is 1. The maximum absolute atomic E-state index is 11.5. The van der Waals surface area contributed by atoms with E-state index in [1.54, 1.807) is 24.3 Å². The molecule has 5 heteroatoms. The van der Waals surface area contributed by atoms with Gasteiger partial charge < -0.3 is 14.2 Å². The Bertz CT molecular complexity index is 329. The summed E-state index contributed by atoms with van der Waals surface area (Å²) < 4.78 is 15.5. The molecule has 0 heterocycles. The molecule has 0 fully saturated rings. The fourth-order valence-electron chi connectivity index (χ4n) is 1.23. The van der Waals surface area contributed by atoms with Crippen LogP contribution in [0.4, 0.5) is 0 Å². The molecule has 0 atom stereocenters. The third-order valence-electron chi connectivity index (χ3n) is 2.06. The molecule has 0 amide bonds. The first-order valence-electron chi connectivity index (χ1n) is 5.78. The van der Waals surface area contributed by atoms with E-state index in [1.165, 1.54) is 0 Å². The number of ether oxygens (including phenoxy) is 3. The van der Waals surface area contributed by atoms with Crippen molar-refractivity contribution in [1.82, 2.24) is 0 Å². The number of carbonyl (C=O) groups excluding carboxylic acids is 1. The molecule has 0 unspecified atom stereocenters. The van der Waals surface area contributed by atoms with Crippen molar-refractivity contribution in [2.45, 2.75) is 0 Å². The van der Waals surface area contributed by atoms with Gasteiger partial charge in [0.1, 0.15) is 6.61 Å². The van der Waals surface area contributed by atoms with Crippen LogP contribution in [0.5, 0.6) is 0 Å². The summed E-state index contributed by atoms with van der Waals surface area (Å²) in [4.78, 5) is 11.5. The normalized spacial score (nSPS) is 10.3. The molecule has 0 spiro atoms. The molecule has 0 aliphatic rings. The van der Waals surface area contributed by atoms with E-state index < -0.39 is 0 Å². The van der Waals surface area contributed by atoms with E-state index in [2.05, 4.69) is 15.9 Å². The molecule has 0 saturated carbocycles. The fraction of sp³-hybridized carbons (Fsp3) is 0.462. The van der Waals surface area contributed by atoms with Crippen LogP contribution in [0.3, 0.4) is 0 Å². The van der Waals surface area contributed by atoms with Gasteiger partial charge in [-0.2, -0.15) is 0 Å². The van der Waals surface area contributed by atoms with Gasteiger partial charge in [0.15, 0.2) is 0 Å². The second-order valence-corrected chi connectivity index (χ2v) is 4.21. The summed E-state index contributed by atoms with van der Waals surface area (Å²) in [7, 11) is 0. The Balaban J connectivity index is 2.00. The first kappa shape index (κ1) is 15.1. The number of carbonyl (C=O) groups is 1. The van der Waals surface area contributed by atoms with Crippen molar-refractivity contribution < 1.29 is 19.0 Å². The second-order valence-electron chi connectivity index (χ2n) is 3.42. The zero-order chi connectivity index (χ0) is 13.1. The molecule has 0 saturated heterocycles. The molecule has 1 aromatic rings. The Kier molecular flexibility index (Phi) is 8.46. The van der Waals surface area contributed by atoms with Crippen LogP contribution in [-0.4, -0.2) is 44.3 Å². The third kappa shape index (κ3) is 6.74. The van der Waals surface area contributed by atoms with E-state index in [1.807, 2.05) is 6.07 Å². The summed E-state index contributed by atoms with van der Waals surface area (Å²) in [6.45, 7) is 2.38. The SMILES string of the molecule is O=C(OCCOCCOCCBr)c1ccccc1. The van der Waals surface area contributed by atoms with Gasteiger partial charge >= 0.3 is 5.97 Å². The maximum Gasteiger partial charge on any atom is 0.338 e. The number of benzene rings is 1. The Morgan fingerprint density at radius 3 is 2.22 bits per heavy atom. The van der Waals surface area contributed by atoms with Gasteiger partial charge in [-0.3, -0.25) is 0 Å². The minimum Gasteiger partial charge on any atom is -0.460 e. The molecule has 100 valence electrons. The van der Waals surface area contributed by atoms with Gasteiger partial charge in [-0.05, 0) is 12.1 Å². The maximum atomic E-state index is 11.5. The quantitative estimate of drug-likeness (QED) is 0.398. The Morgan fingerprint density at radius 2 is 1.56 bits per heavy atom. The minimum absolute atomic E-state index is 0.256. The molecule has 1 rings (SSSR count). The molecule has 0 radical (unpaired) electrons. The highest BCUT2D eigenvalue weighted by molar-refractivity contribution is 9.09. The highest BCUT2D eigenvalue weighted by atomic mass is 79.9. The number of esters is 1. The second kappa shape index (κ2) is 10.1. The van der Waals surface area contributed by atoms with E-state index in [0.29, 0.717) is 32.0 Å². The van der Waals surface area contributed by atoms with Gasteiger partial charge in [0.05, 0.1) is 32.0 Å². The number of halogens is 1. The van der Waals surface area contributed by atoms with Gasteiger partial charge in [-0.1, -0.05) is 34.1 Å². The lowest BCUT2D eigenvalue weighted by Crippen LogP contribution is -2.13. The average molecular weight is 317 g/mol. The fourth-order valence-corrected chi connectivity index (χ4v) is 1.46. The van der Waals surface area contributed by atoms with Gasteiger partial charge in [-0.15, -0.1) is 0 Å². The smallest absolute Gasteiger partial charge is 0.338 e. The zero-order valence-electron chi connectivity index (χ0n) is 10.1. The van der Waals surface area contributed by atoms with Crippen molar-refractivity contribution in [2.75, 3.05) is 38.4 Å². The van der Waals surface area contributed by atoms with Crippen LogP contribution >= 0.6 is 15.9 Å². The van der Waals surface area contributed by atoms with E-state index >= 15 is 0 Å². The number of rotatable bonds is 9. The molecule has 1 aromatic carbocycles. The number of hydrogen-bond donors (Lipinski definition) is 0. The molecule has 0 N–H and O–H groups in total. The van der Waals surface area contributed by atoms with Crippen LogP contribution in [-0.2, 0) is 14.2 Å². The molecule has 4 nitrogen and oxygen atoms in total. The molecular weight excluding hydrogens is 300 g/mol.